The Kier molecular flexibility index (Phi) is 8.16. The number of rotatable bonds is 6. The maximum atomic E-state index is 13.3. The number of methoxy groups -OCH3 is 1. The van der Waals surface area contributed by atoms with Crippen LogP contribution in [0.25, 0.3) is 0 Å². The van der Waals surface area contributed by atoms with Gasteiger partial charge in [0.15, 0.2) is 0 Å². The van der Waals surface area contributed by atoms with Crippen LogP contribution in [0.2, 0.25) is 0 Å². The van der Waals surface area contributed by atoms with Crippen LogP contribution in [0.5, 0.6) is 0 Å². The van der Waals surface area contributed by atoms with Gasteiger partial charge < -0.3 is 15.4 Å². The fourth-order valence-electron chi connectivity index (χ4n) is 4.01. The third kappa shape index (κ3) is 5.82. The predicted octanol–water partition coefficient (Wildman–Crippen LogP) is 5.05. The van der Waals surface area contributed by atoms with Crippen LogP contribution < -0.4 is 10.6 Å². The molecule has 2 N–H and O–H groups in total. The van der Waals surface area contributed by atoms with Crippen LogP contribution in [0.4, 0.5) is 16.2 Å². The number of urea groups is 1. The largest absolute Gasteiger partial charge is 0.465 e. The number of esters is 1. The first-order valence-corrected chi connectivity index (χ1v) is 11.1. The van der Waals surface area contributed by atoms with Crippen molar-refractivity contribution in [1.29, 1.82) is 0 Å². The first-order chi connectivity index (χ1) is 15.4. The molecule has 1 aliphatic rings. The first-order valence-electron chi connectivity index (χ1n) is 10.7. The number of para-hydroxylation sites is 1. The van der Waals surface area contributed by atoms with Gasteiger partial charge in [-0.25, -0.2) is 9.59 Å². The standard InChI is InChI=1S/C24H29N3O4S/c1-16-8-6-7-11-20(16)26-22(28)21(17-9-4-3-5-10-17)27(32)24(30)25-19-14-12-18(13-15-19)23(29)31-2/h6-8,11-15,17,21,32H,3-5,9-10H2,1-2H3,(H,25,30)(H,26,28)/t21-/m1/s1. The minimum atomic E-state index is -0.715. The zero-order valence-corrected chi connectivity index (χ0v) is 19.2. The Bertz CT molecular complexity index is 958. The van der Waals surface area contributed by atoms with E-state index in [2.05, 4.69) is 28.2 Å². The topological polar surface area (TPSA) is 87.7 Å². The Hall–Kier alpha value is -3.00. The average Bonchev–Trinajstić information content (AvgIpc) is 2.81. The molecular weight excluding hydrogens is 426 g/mol. The molecule has 1 saturated carbocycles. The highest BCUT2D eigenvalue weighted by Crippen LogP contribution is 2.31. The molecule has 1 atom stereocenters. The van der Waals surface area contributed by atoms with Gasteiger partial charge in [0.25, 0.3) is 0 Å². The molecule has 170 valence electrons. The van der Waals surface area contributed by atoms with Gasteiger partial charge in [0.2, 0.25) is 5.91 Å². The Labute approximate surface area is 194 Å². The van der Waals surface area contributed by atoms with Gasteiger partial charge in [-0.2, -0.15) is 0 Å². The fraction of sp³-hybridized carbons (Fsp3) is 0.375. The summed E-state index contributed by atoms with van der Waals surface area (Å²) in [6.45, 7) is 1.92. The zero-order valence-electron chi connectivity index (χ0n) is 18.3. The molecule has 1 aliphatic carbocycles. The van der Waals surface area contributed by atoms with Crippen LogP contribution in [0.15, 0.2) is 48.5 Å². The zero-order chi connectivity index (χ0) is 23.1. The molecule has 0 heterocycles. The van der Waals surface area contributed by atoms with Gasteiger partial charge in [0.05, 0.1) is 12.7 Å². The fourth-order valence-corrected chi connectivity index (χ4v) is 4.35. The van der Waals surface area contributed by atoms with E-state index in [9.17, 15) is 14.4 Å². The summed E-state index contributed by atoms with van der Waals surface area (Å²) in [5, 5.41) is 5.73. The number of amides is 3. The molecule has 0 radical (unpaired) electrons. The van der Waals surface area contributed by atoms with Crippen LogP contribution >= 0.6 is 12.8 Å². The number of hydrogen-bond donors (Lipinski definition) is 3. The van der Waals surface area contributed by atoms with Crippen molar-refractivity contribution in [3.05, 3.63) is 59.7 Å². The van der Waals surface area contributed by atoms with Gasteiger partial charge in [-0.1, -0.05) is 50.3 Å². The lowest BCUT2D eigenvalue weighted by Crippen LogP contribution is -2.49. The molecule has 32 heavy (non-hydrogen) atoms. The average molecular weight is 456 g/mol. The summed E-state index contributed by atoms with van der Waals surface area (Å²) < 4.78 is 5.88. The molecule has 3 amide bonds. The van der Waals surface area contributed by atoms with Crippen LogP contribution in [0.1, 0.15) is 48.0 Å². The second-order valence-electron chi connectivity index (χ2n) is 7.99. The summed E-state index contributed by atoms with van der Waals surface area (Å²) in [5.74, 6) is -0.681. The second-order valence-corrected chi connectivity index (χ2v) is 8.42. The molecule has 8 heteroatoms. The van der Waals surface area contributed by atoms with Crippen LogP contribution in [0.3, 0.4) is 0 Å². The lowest BCUT2D eigenvalue weighted by Gasteiger charge is -2.34. The monoisotopic (exact) mass is 455 g/mol. The summed E-state index contributed by atoms with van der Waals surface area (Å²) in [4.78, 5) is 37.8. The maximum Gasteiger partial charge on any atom is 0.337 e. The number of hydrogen-bond acceptors (Lipinski definition) is 5. The Balaban J connectivity index is 1.75. The highest BCUT2D eigenvalue weighted by molar-refractivity contribution is 7.78. The number of aryl methyl sites for hydroxylation is 1. The minimum absolute atomic E-state index is 0.0257. The van der Waals surface area contributed by atoms with Gasteiger partial charge in [-0.15, -0.1) is 0 Å². The lowest BCUT2D eigenvalue weighted by atomic mass is 9.83. The van der Waals surface area contributed by atoms with Crippen LogP contribution in [-0.2, 0) is 9.53 Å². The highest BCUT2D eigenvalue weighted by Gasteiger charge is 2.36. The number of carbonyl (C=O) groups is 3. The summed E-state index contributed by atoms with van der Waals surface area (Å²) in [6, 6.07) is 12.7. The van der Waals surface area contributed by atoms with Gasteiger partial charge in [-0.05, 0) is 61.6 Å². The van der Waals surface area contributed by atoms with E-state index in [1.165, 1.54) is 11.4 Å². The van der Waals surface area contributed by atoms with Crippen molar-refractivity contribution in [2.24, 2.45) is 5.92 Å². The molecule has 0 spiro atoms. The van der Waals surface area contributed by atoms with E-state index >= 15 is 0 Å². The van der Waals surface area contributed by atoms with E-state index in [0.717, 1.165) is 43.4 Å². The second kappa shape index (κ2) is 11.0. The number of carbonyl (C=O) groups excluding carboxylic acids is 3. The number of nitrogens with zero attached hydrogens (tertiary/aromatic N) is 1. The molecule has 2 aromatic carbocycles. The molecule has 0 aromatic heterocycles. The molecule has 7 nitrogen and oxygen atoms in total. The van der Waals surface area contributed by atoms with Crippen molar-refractivity contribution < 1.29 is 19.1 Å². The quantitative estimate of drug-likeness (QED) is 0.420. The van der Waals surface area contributed by atoms with Crippen LogP contribution in [0, 0.1) is 12.8 Å². The minimum Gasteiger partial charge on any atom is -0.465 e. The Morgan fingerprint density at radius 1 is 1.00 bits per heavy atom. The van der Waals surface area contributed by atoms with Crippen molar-refractivity contribution in [3.63, 3.8) is 0 Å². The van der Waals surface area contributed by atoms with E-state index < -0.39 is 18.0 Å². The maximum absolute atomic E-state index is 13.3. The van der Waals surface area contributed by atoms with Gasteiger partial charge in [0.1, 0.15) is 6.04 Å². The molecular formula is C24H29N3O4S. The predicted molar refractivity (Wildman–Crippen MR) is 128 cm³/mol. The summed E-state index contributed by atoms with van der Waals surface area (Å²) in [7, 11) is 1.31. The number of benzene rings is 2. The number of ether oxygens (including phenoxy) is 1. The van der Waals surface area contributed by atoms with Gasteiger partial charge in [-0.3, -0.25) is 9.10 Å². The first kappa shape index (κ1) is 23.7. The number of anilines is 2. The van der Waals surface area contributed by atoms with E-state index in [4.69, 9.17) is 0 Å². The highest BCUT2D eigenvalue weighted by atomic mass is 32.1. The molecule has 0 saturated heterocycles. The van der Waals surface area contributed by atoms with Gasteiger partial charge in [0, 0.05) is 11.4 Å². The van der Waals surface area contributed by atoms with Crippen molar-refractivity contribution in [3.8, 4) is 0 Å². The van der Waals surface area contributed by atoms with E-state index in [-0.39, 0.29) is 11.8 Å². The van der Waals surface area contributed by atoms with Gasteiger partial charge >= 0.3 is 12.0 Å². The normalized spacial score (nSPS) is 14.8. The molecule has 0 bridgehead atoms. The van der Waals surface area contributed by atoms with Crippen molar-refractivity contribution in [2.75, 3.05) is 17.7 Å². The molecule has 3 rings (SSSR count). The van der Waals surface area contributed by atoms with E-state index in [1.54, 1.807) is 24.3 Å². The summed E-state index contributed by atoms with van der Waals surface area (Å²) in [6.07, 6.45) is 4.91. The number of nitrogens with one attached hydrogen (secondary N) is 2. The van der Waals surface area contributed by atoms with E-state index in [1.807, 2.05) is 31.2 Å². The molecule has 1 fully saturated rings. The van der Waals surface area contributed by atoms with Crippen molar-refractivity contribution in [2.45, 2.75) is 45.1 Å². The number of thiol groups is 1. The summed E-state index contributed by atoms with van der Waals surface area (Å²) >= 11 is 4.45. The third-order valence-corrected chi connectivity index (χ3v) is 6.23. The Morgan fingerprint density at radius 2 is 1.66 bits per heavy atom. The lowest BCUT2D eigenvalue weighted by molar-refractivity contribution is -0.120. The summed E-state index contributed by atoms with van der Waals surface area (Å²) in [5.41, 5.74) is 2.54. The Morgan fingerprint density at radius 3 is 2.28 bits per heavy atom. The SMILES string of the molecule is COC(=O)c1ccc(NC(=O)N(S)[C@@H](C(=O)Nc2ccccc2C)C2CCCCC2)cc1. The molecule has 0 aliphatic heterocycles. The molecule has 2 aromatic rings. The van der Waals surface area contributed by atoms with Crippen LogP contribution in [-0.4, -0.2) is 35.4 Å². The smallest absolute Gasteiger partial charge is 0.337 e. The van der Waals surface area contributed by atoms with Crippen molar-refractivity contribution in [1.82, 2.24) is 4.31 Å². The van der Waals surface area contributed by atoms with Crippen molar-refractivity contribution >= 4 is 42.1 Å². The van der Waals surface area contributed by atoms with E-state index in [0.29, 0.717) is 11.3 Å². The third-order valence-electron chi connectivity index (χ3n) is 5.80. The molecule has 0 unspecified atom stereocenters.